The number of aryl methyl sites for hydroxylation is 1. The van der Waals surface area contributed by atoms with Crippen molar-refractivity contribution in [2.75, 3.05) is 0 Å². The summed E-state index contributed by atoms with van der Waals surface area (Å²) in [7, 11) is 0. The molecule has 0 radical (unpaired) electrons. The number of nitrogens with zero attached hydrogens (tertiary/aromatic N) is 3. The third kappa shape index (κ3) is 3.75. The molecule has 122 valence electrons. The van der Waals surface area contributed by atoms with E-state index in [1.165, 1.54) is 12.3 Å². The first-order valence-electron chi connectivity index (χ1n) is 7.44. The lowest BCUT2D eigenvalue weighted by Gasteiger charge is -2.05. The molecule has 2 aromatic heterocycles. The molecule has 0 bridgehead atoms. The highest BCUT2D eigenvalue weighted by Gasteiger charge is 2.11. The van der Waals surface area contributed by atoms with E-state index >= 15 is 0 Å². The van der Waals surface area contributed by atoms with Crippen molar-refractivity contribution in [3.8, 4) is 10.6 Å². The van der Waals surface area contributed by atoms with Crippen molar-refractivity contribution in [1.29, 1.82) is 0 Å². The van der Waals surface area contributed by atoms with E-state index in [0.717, 1.165) is 25.8 Å². The highest BCUT2D eigenvalue weighted by atomic mass is 32.1. The van der Waals surface area contributed by atoms with Crippen molar-refractivity contribution in [3.63, 3.8) is 0 Å². The predicted molar refractivity (Wildman–Crippen MR) is 92.6 cm³/mol. The Morgan fingerprint density at radius 2 is 2.00 bits per heavy atom. The number of nitrogens with one attached hydrogen (secondary N) is 1. The van der Waals surface area contributed by atoms with Gasteiger partial charge < -0.3 is 5.32 Å². The summed E-state index contributed by atoms with van der Waals surface area (Å²) < 4.78 is 1.13. The molecular weight excluding hydrogens is 324 g/mol. The predicted octanol–water partition coefficient (Wildman–Crippen LogP) is 1.99. The van der Waals surface area contributed by atoms with Crippen LogP contribution in [0.5, 0.6) is 0 Å². The van der Waals surface area contributed by atoms with Gasteiger partial charge in [-0.1, -0.05) is 30.3 Å². The van der Waals surface area contributed by atoms with Crippen molar-refractivity contribution < 1.29 is 4.79 Å². The number of carbonyl (C=O) groups is 1. The number of amides is 1. The van der Waals surface area contributed by atoms with Crippen LogP contribution in [0.1, 0.15) is 10.6 Å². The average Bonchev–Trinajstić information content (AvgIpc) is 2.97. The number of benzene rings is 1. The summed E-state index contributed by atoms with van der Waals surface area (Å²) in [5, 5.41) is 7.61. The lowest BCUT2D eigenvalue weighted by atomic mass is 10.2. The summed E-state index contributed by atoms with van der Waals surface area (Å²) >= 11 is 1.55. The fraction of sp³-hybridized carbons (Fsp3) is 0.176. The molecule has 0 aliphatic carbocycles. The Kier molecular flexibility index (Phi) is 4.81. The van der Waals surface area contributed by atoms with E-state index < -0.39 is 0 Å². The van der Waals surface area contributed by atoms with Crippen LogP contribution in [0.15, 0.2) is 53.5 Å². The van der Waals surface area contributed by atoms with Gasteiger partial charge in [0.05, 0.1) is 12.2 Å². The highest BCUT2D eigenvalue weighted by Crippen LogP contribution is 2.27. The molecule has 3 rings (SSSR count). The van der Waals surface area contributed by atoms with Crippen molar-refractivity contribution in [1.82, 2.24) is 20.1 Å². The number of carbonyl (C=O) groups excluding carboxylic acids is 1. The normalized spacial score (nSPS) is 10.5. The van der Waals surface area contributed by atoms with Gasteiger partial charge in [0.15, 0.2) is 0 Å². The zero-order chi connectivity index (χ0) is 16.9. The maximum absolute atomic E-state index is 12.0. The van der Waals surface area contributed by atoms with Crippen LogP contribution in [0.3, 0.4) is 0 Å². The second kappa shape index (κ2) is 7.18. The summed E-state index contributed by atoms with van der Waals surface area (Å²) in [5.41, 5.74) is 1.66. The van der Waals surface area contributed by atoms with Gasteiger partial charge in [0.1, 0.15) is 11.6 Å². The van der Waals surface area contributed by atoms with E-state index in [1.807, 2.05) is 37.3 Å². The Morgan fingerprint density at radius 3 is 2.75 bits per heavy atom. The van der Waals surface area contributed by atoms with E-state index in [2.05, 4.69) is 15.4 Å². The fourth-order valence-corrected chi connectivity index (χ4v) is 3.18. The number of thiazole rings is 1. The smallest absolute Gasteiger partial charge is 0.267 e. The third-order valence-corrected chi connectivity index (χ3v) is 4.64. The first kappa shape index (κ1) is 16.1. The fourth-order valence-electron chi connectivity index (χ4n) is 2.17. The first-order chi connectivity index (χ1) is 11.6. The molecule has 6 nitrogen and oxygen atoms in total. The van der Waals surface area contributed by atoms with Crippen LogP contribution in [-0.2, 0) is 17.9 Å². The van der Waals surface area contributed by atoms with Crippen LogP contribution in [0.25, 0.3) is 10.6 Å². The largest absolute Gasteiger partial charge is 0.350 e. The number of aromatic nitrogens is 3. The van der Waals surface area contributed by atoms with Gasteiger partial charge in [-0.2, -0.15) is 5.10 Å². The van der Waals surface area contributed by atoms with Gasteiger partial charge in [-0.3, -0.25) is 9.59 Å². The summed E-state index contributed by atoms with van der Waals surface area (Å²) in [5.74, 6) is -0.259. The quantitative estimate of drug-likeness (QED) is 0.770. The average molecular weight is 340 g/mol. The minimum Gasteiger partial charge on any atom is -0.350 e. The molecule has 24 heavy (non-hydrogen) atoms. The molecule has 0 fully saturated rings. The second-order valence-corrected chi connectivity index (χ2v) is 6.27. The zero-order valence-electron chi connectivity index (χ0n) is 13.1. The molecule has 0 spiro atoms. The summed E-state index contributed by atoms with van der Waals surface area (Å²) in [4.78, 5) is 29.1. The maximum atomic E-state index is 12.0. The Hall–Kier alpha value is -2.80. The number of hydrogen-bond acceptors (Lipinski definition) is 5. The summed E-state index contributed by atoms with van der Waals surface area (Å²) in [6.07, 6.45) is 1.48. The summed E-state index contributed by atoms with van der Waals surface area (Å²) in [6, 6.07) is 12.8. The van der Waals surface area contributed by atoms with Crippen molar-refractivity contribution in [2.24, 2.45) is 0 Å². The lowest BCUT2D eigenvalue weighted by Crippen LogP contribution is -2.32. The van der Waals surface area contributed by atoms with Crippen molar-refractivity contribution in [2.45, 2.75) is 20.0 Å². The Bertz CT molecular complexity index is 902. The molecule has 1 N–H and O–H groups in total. The van der Waals surface area contributed by atoms with E-state index in [9.17, 15) is 9.59 Å². The number of hydrogen-bond donors (Lipinski definition) is 1. The molecule has 2 heterocycles. The molecule has 1 aromatic carbocycles. The van der Waals surface area contributed by atoms with Gasteiger partial charge in [-0.05, 0) is 13.0 Å². The van der Waals surface area contributed by atoms with E-state index in [4.69, 9.17) is 0 Å². The molecule has 0 atom stereocenters. The molecule has 3 aromatic rings. The Balaban J connectivity index is 1.65. The molecule has 1 amide bonds. The standard InChI is InChI=1S/C17H16N4O2S/c1-12-14(24-17(20-12)13-6-3-2-4-7-13)10-18-15(22)11-21-16(23)8-5-9-19-21/h2-9H,10-11H2,1H3,(H,18,22). The highest BCUT2D eigenvalue weighted by molar-refractivity contribution is 7.15. The van der Waals surface area contributed by atoms with Crippen LogP contribution in [0.2, 0.25) is 0 Å². The van der Waals surface area contributed by atoms with Gasteiger partial charge in [0.2, 0.25) is 5.91 Å². The minimum atomic E-state index is -0.298. The molecule has 0 saturated heterocycles. The van der Waals surface area contributed by atoms with Crippen LogP contribution in [0, 0.1) is 6.92 Å². The van der Waals surface area contributed by atoms with Crippen LogP contribution < -0.4 is 10.9 Å². The van der Waals surface area contributed by atoms with Crippen LogP contribution in [0.4, 0.5) is 0 Å². The van der Waals surface area contributed by atoms with Crippen molar-refractivity contribution in [3.05, 3.63) is 69.6 Å². The van der Waals surface area contributed by atoms with E-state index in [1.54, 1.807) is 17.4 Å². The van der Waals surface area contributed by atoms with Crippen LogP contribution >= 0.6 is 11.3 Å². The zero-order valence-corrected chi connectivity index (χ0v) is 13.9. The van der Waals surface area contributed by atoms with E-state index in [0.29, 0.717) is 6.54 Å². The second-order valence-electron chi connectivity index (χ2n) is 5.19. The minimum absolute atomic E-state index is 0.0942. The third-order valence-electron chi connectivity index (χ3n) is 3.44. The van der Waals surface area contributed by atoms with Crippen LogP contribution in [-0.4, -0.2) is 20.7 Å². The molecule has 0 aliphatic heterocycles. The maximum Gasteiger partial charge on any atom is 0.267 e. The van der Waals surface area contributed by atoms with Gasteiger partial charge in [0.25, 0.3) is 5.56 Å². The molecule has 0 unspecified atom stereocenters. The van der Waals surface area contributed by atoms with Gasteiger partial charge in [-0.25, -0.2) is 9.67 Å². The monoisotopic (exact) mass is 340 g/mol. The number of rotatable bonds is 5. The van der Waals surface area contributed by atoms with Gasteiger partial charge in [-0.15, -0.1) is 11.3 Å². The van der Waals surface area contributed by atoms with Crippen molar-refractivity contribution >= 4 is 17.2 Å². The van der Waals surface area contributed by atoms with Gasteiger partial charge in [0, 0.05) is 22.7 Å². The molecule has 7 heteroatoms. The summed E-state index contributed by atoms with van der Waals surface area (Å²) in [6.45, 7) is 2.22. The molecule has 0 aliphatic rings. The Labute approximate surface area is 142 Å². The van der Waals surface area contributed by atoms with E-state index in [-0.39, 0.29) is 18.0 Å². The first-order valence-corrected chi connectivity index (χ1v) is 8.25. The SMILES string of the molecule is Cc1nc(-c2ccccc2)sc1CNC(=O)Cn1ncccc1=O. The molecular formula is C17H16N4O2S. The topological polar surface area (TPSA) is 76.9 Å². The van der Waals surface area contributed by atoms with Gasteiger partial charge >= 0.3 is 0 Å². The molecule has 0 saturated carbocycles. The Morgan fingerprint density at radius 1 is 1.21 bits per heavy atom. The lowest BCUT2D eigenvalue weighted by molar-refractivity contribution is -0.122.